The lowest BCUT2D eigenvalue weighted by Gasteiger charge is -2.24. The van der Waals surface area contributed by atoms with Crippen molar-refractivity contribution < 1.29 is 9.36 Å². The van der Waals surface area contributed by atoms with Gasteiger partial charge in [-0.15, -0.1) is 11.6 Å². The molecule has 1 atom stereocenters. The van der Waals surface area contributed by atoms with E-state index in [0.29, 0.717) is 6.42 Å². The Labute approximate surface area is 116 Å². The minimum atomic E-state index is -3.72. The van der Waals surface area contributed by atoms with Crippen LogP contribution >= 0.6 is 42.4 Å². The first-order chi connectivity index (χ1) is 7.61. The lowest BCUT2D eigenvalue weighted by atomic mass is 10.1. The lowest BCUT2D eigenvalue weighted by Crippen LogP contribution is -2.45. The fourth-order valence-electron chi connectivity index (χ4n) is 1.13. The molecular weight excluding hydrogens is 307 g/mol. The quantitative estimate of drug-likeness (QED) is 0.380. The molecule has 0 saturated heterocycles. The van der Waals surface area contributed by atoms with E-state index in [-0.39, 0.29) is 0 Å². The zero-order valence-electron chi connectivity index (χ0n) is 9.46. The van der Waals surface area contributed by atoms with Crippen LogP contribution < -0.4 is 16.1 Å². The highest BCUT2D eigenvalue weighted by Crippen LogP contribution is 2.35. The summed E-state index contributed by atoms with van der Waals surface area (Å²) >= 11 is 17.6. The number of rotatable bonds is 7. The van der Waals surface area contributed by atoms with Crippen LogP contribution in [0.15, 0.2) is 0 Å². The van der Waals surface area contributed by atoms with E-state index < -0.39 is 23.2 Å². The lowest BCUT2D eigenvalue weighted by molar-refractivity contribution is -0.120. The van der Waals surface area contributed by atoms with Gasteiger partial charge in [-0.2, -0.15) is 0 Å². The Kier molecular flexibility index (Phi) is 7.38. The number of amides is 1. The molecule has 0 spiro atoms. The second-order valence-corrected chi connectivity index (χ2v) is 7.29. The third kappa shape index (κ3) is 6.85. The molecule has 1 amide bonds. The van der Waals surface area contributed by atoms with E-state index in [1.165, 1.54) is 0 Å². The number of carbonyl (C=O) groups excluding carboxylic acids is 1. The van der Waals surface area contributed by atoms with Crippen LogP contribution in [0.25, 0.3) is 0 Å². The molecule has 0 rings (SSSR count). The summed E-state index contributed by atoms with van der Waals surface area (Å²) in [5.74, 6) is -0.939. The summed E-state index contributed by atoms with van der Waals surface area (Å²) in [6.07, 6.45) is 3.23. The van der Waals surface area contributed by atoms with Crippen molar-refractivity contribution in [1.82, 2.24) is 5.09 Å². The largest absolute Gasteiger partial charge is 0.300 e. The number of hydrogen-bond acceptors (Lipinski definition) is 2. The molecule has 102 valence electrons. The Morgan fingerprint density at radius 2 is 1.94 bits per heavy atom. The number of carbonyl (C=O) groups is 1. The van der Waals surface area contributed by atoms with Gasteiger partial charge in [0.25, 0.3) is 13.5 Å². The topological polar surface area (TPSA) is 98.2 Å². The molecule has 0 aromatic rings. The summed E-state index contributed by atoms with van der Waals surface area (Å²) in [4.78, 5) is 11.6. The highest BCUT2D eigenvalue weighted by atomic mass is 35.5. The Bertz CT molecular complexity index is 308. The van der Waals surface area contributed by atoms with Gasteiger partial charge in [-0.1, -0.05) is 49.4 Å². The van der Waals surface area contributed by atoms with Crippen molar-refractivity contribution in [3.8, 4) is 0 Å². The highest BCUT2D eigenvalue weighted by molar-refractivity contribution is 7.57. The molecule has 17 heavy (non-hydrogen) atoms. The van der Waals surface area contributed by atoms with E-state index in [2.05, 4.69) is 0 Å². The first kappa shape index (κ1) is 17.5. The van der Waals surface area contributed by atoms with E-state index in [9.17, 15) is 9.36 Å². The molecular formula is C8H17Cl3N3O2P. The predicted octanol–water partition coefficient (Wildman–Crippen LogP) is 2.49. The van der Waals surface area contributed by atoms with E-state index in [1.807, 2.05) is 12.0 Å². The van der Waals surface area contributed by atoms with Crippen LogP contribution in [0.2, 0.25) is 0 Å². The molecule has 0 saturated carbocycles. The summed E-state index contributed by atoms with van der Waals surface area (Å²) < 4.78 is 9.12. The van der Waals surface area contributed by atoms with Gasteiger partial charge in [-0.3, -0.25) is 25.5 Å². The average molecular weight is 325 g/mol. The van der Waals surface area contributed by atoms with Crippen LogP contribution in [0.1, 0.15) is 32.6 Å². The minimum Gasteiger partial charge on any atom is -0.281 e. The van der Waals surface area contributed by atoms with E-state index >= 15 is 0 Å². The molecule has 5 nitrogen and oxygen atoms in total. The summed E-state index contributed by atoms with van der Waals surface area (Å²) in [5, 5.41) is 1.05. The number of alkyl halides is 3. The van der Waals surface area contributed by atoms with Crippen molar-refractivity contribution in [3.63, 3.8) is 0 Å². The monoisotopic (exact) mass is 323 g/mol. The van der Waals surface area contributed by atoms with Gasteiger partial charge in [-0.05, 0) is 6.42 Å². The zero-order chi connectivity index (χ0) is 13.7. The van der Waals surface area contributed by atoms with Gasteiger partial charge in [0.05, 0.1) is 5.38 Å². The highest BCUT2D eigenvalue weighted by Gasteiger charge is 2.42. The van der Waals surface area contributed by atoms with Crippen molar-refractivity contribution in [3.05, 3.63) is 0 Å². The number of nitrogens with two attached hydrogens (primary N) is 2. The maximum Gasteiger partial charge on any atom is 0.300 e. The fourth-order valence-corrected chi connectivity index (χ4v) is 2.32. The van der Waals surface area contributed by atoms with E-state index in [4.69, 9.17) is 45.8 Å². The molecule has 9 heteroatoms. The van der Waals surface area contributed by atoms with Crippen molar-refractivity contribution in [2.75, 3.05) is 0 Å². The molecule has 0 aliphatic carbocycles. The maximum absolute atomic E-state index is 11.6. The summed E-state index contributed by atoms with van der Waals surface area (Å²) in [6, 6.07) is 0. The van der Waals surface area contributed by atoms with Gasteiger partial charge in [0.15, 0.2) is 0 Å². The van der Waals surface area contributed by atoms with E-state index in [1.54, 1.807) is 0 Å². The molecule has 0 bridgehead atoms. The summed E-state index contributed by atoms with van der Waals surface area (Å²) in [5.41, 5.74) is 9.99. The molecule has 0 radical (unpaired) electrons. The molecule has 0 heterocycles. The van der Waals surface area contributed by atoms with Gasteiger partial charge in [0, 0.05) is 0 Å². The molecule has 0 aromatic carbocycles. The van der Waals surface area contributed by atoms with Gasteiger partial charge in [-0.25, -0.2) is 0 Å². The van der Waals surface area contributed by atoms with Gasteiger partial charge < -0.3 is 0 Å². The molecule has 5 N–H and O–H groups in total. The number of halogens is 3. The van der Waals surface area contributed by atoms with Gasteiger partial charge >= 0.3 is 0 Å². The van der Waals surface area contributed by atoms with E-state index in [0.717, 1.165) is 19.3 Å². The average Bonchev–Trinajstić information content (AvgIpc) is 2.15. The SMILES string of the molecule is CCCCCC(Cl)C(Cl)(Cl)C(=O)NP(N)(N)=O. The third-order valence-electron chi connectivity index (χ3n) is 2.03. The second kappa shape index (κ2) is 7.17. The van der Waals surface area contributed by atoms with Gasteiger partial charge in [0.2, 0.25) is 4.33 Å². The number of hydrogen-bond donors (Lipinski definition) is 3. The van der Waals surface area contributed by atoms with Crippen molar-refractivity contribution in [2.24, 2.45) is 11.0 Å². The maximum atomic E-state index is 11.6. The van der Waals surface area contributed by atoms with Crippen LogP contribution in [-0.4, -0.2) is 15.6 Å². The molecule has 0 aliphatic rings. The van der Waals surface area contributed by atoms with Crippen LogP contribution in [0.4, 0.5) is 0 Å². The summed E-state index contributed by atoms with van der Waals surface area (Å²) in [7, 11) is -3.72. The standard InChI is InChI=1S/C8H17Cl3N3O2P/c1-2-3-4-5-6(9)8(10,11)7(15)14-17(12,13)16/h6H,2-5H2,1H3,(H5,12,13,14,15,16). The van der Waals surface area contributed by atoms with Crippen molar-refractivity contribution in [2.45, 2.75) is 42.3 Å². The first-order valence-corrected chi connectivity index (χ1v) is 8.16. The number of nitrogens with one attached hydrogen (secondary N) is 1. The molecule has 0 fully saturated rings. The smallest absolute Gasteiger partial charge is 0.281 e. The third-order valence-corrected chi connectivity index (χ3v) is 4.23. The van der Waals surface area contributed by atoms with Crippen molar-refractivity contribution in [1.29, 1.82) is 0 Å². The predicted molar refractivity (Wildman–Crippen MR) is 72.3 cm³/mol. The Balaban J connectivity index is 4.43. The van der Waals surface area contributed by atoms with Crippen LogP contribution in [0.3, 0.4) is 0 Å². The van der Waals surface area contributed by atoms with Gasteiger partial charge in [0.1, 0.15) is 0 Å². The molecule has 1 unspecified atom stereocenters. The Hall–Kier alpha value is 0.490. The van der Waals surface area contributed by atoms with Crippen LogP contribution in [0, 0.1) is 0 Å². The zero-order valence-corrected chi connectivity index (χ0v) is 12.6. The van der Waals surface area contributed by atoms with Crippen LogP contribution in [0.5, 0.6) is 0 Å². The van der Waals surface area contributed by atoms with Crippen LogP contribution in [-0.2, 0) is 9.36 Å². The normalized spacial score (nSPS) is 14.5. The minimum absolute atomic E-state index is 0.468. The first-order valence-electron chi connectivity index (χ1n) is 5.13. The summed E-state index contributed by atoms with van der Waals surface area (Å²) in [6.45, 7) is 2.03. The number of unbranched alkanes of at least 4 members (excludes halogenated alkanes) is 2. The molecule has 0 aromatic heterocycles. The fraction of sp³-hybridized carbons (Fsp3) is 0.875. The Morgan fingerprint density at radius 3 is 2.35 bits per heavy atom. The second-order valence-electron chi connectivity index (χ2n) is 3.74. The van der Waals surface area contributed by atoms with Crippen molar-refractivity contribution >= 4 is 48.3 Å². The molecule has 0 aliphatic heterocycles. The Morgan fingerprint density at radius 1 is 1.41 bits per heavy atom.